The number of rotatable bonds is 4. The lowest BCUT2D eigenvalue weighted by Gasteiger charge is -2.16. The molecule has 0 bridgehead atoms. The van der Waals surface area contributed by atoms with Crippen molar-refractivity contribution >= 4 is 23.3 Å². The SMILES string of the molecule is NC(=O)CC(O)C(O)c1nc(Cl)cnc1N. The molecule has 0 saturated heterocycles. The Balaban J connectivity index is 2.90. The summed E-state index contributed by atoms with van der Waals surface area (Å²) < 4.78 is 0. The maximum Gasteiger partial charge on any atom is 0.220 e. The van der Waals surface area contributed by atoms with Gasteiger partial charge in [-0.15, -0.1) is 0 Å². The van der Waals surface area contributed by atoms with Gasteiger partial charge >= 0.3 is 0 Å². The van der Waals surface area contributed by atoms with Crippen LogP contribution in [-0.4, -0.2) is 32.2 Å². The number of carbonyl (C=O) groups excluding carboxylic acids is 1. The van der Waals surface area contributed by atoms with E-state index in [-0.39, 0.29) is 16.7 Å². The predicted molar refractivity (Wildman–Crippen MR) is 56.2 cm³/mol. The van der Waals surface area contributed by atoms with E-state index in [0.29, 0.717) is 0 Å². The van der Waals surface area contributed by atoms with Crippen LogP contribution in [0.2, 0.25) is 5.15 Å². The molecule has 0 aliphatic heterocycles. The first kappa shape index (κ1) is 12.6. The van der Waals surface area contributed by atoms with Gasteiger partial charge in [0.25, 0.3) is 0 Å². The van der Waals surface area contributed by atoms with Crippen molar-refractivity contribution in [1.82, 2.24) is 9.97 Å². The van der Waals surface area contributed by atoms with Crippen LogP contribution >= 0.6 is 11.6 Å². The maximum atomic E-state index is 10.6. The minimum Gasteiger partial charge on any atom is -0.389 e. The predicted octanol–water partition coefficient (Wildman–Crippen LogP) is -1.02. The third kappa shape index (κ3) is 3.02. The largest absolute Gasteiger partial charge is 0.389 e. The van der Waals surface area contributed by atoms with Gasteiger partial charge in [-0.25, -0.2) is 9.97 Å². The Labute approximate surface area is 96.1 Å². The van der Waals surface area contributed by atoms with Gasteiger partial charge in [-0.3, -0.25) is 4.79 Å². The van der Waals surface area contributed by atoms with Gasteiger partial charge in [0.15, 0.2) is 0 Å². The normalized spacial score (nSPS) is 14.4. The number of halogens is 1. The number of aliphatic hydroxyl groups is 2. The van der Waals surface area contributed by atoms with E-state index in [9.17, 15) is 15.0 Å². The van der Waals surface area contributed by atoms with Gasteiger partial charge in [0, 0.05) is 0 Å². The molecule has 1 rings (SSSR count). The second-order valence-corrected chi connectivity index (χ2v) is 3.53. The number of amides is 1. The number of aromatic nitrogens is 2. The summed E-state index contributed by atoms with van der Waals surface area (Å²) in [6.45, 7) is 0. The average molecular weight is 247 g/mol. The van der Waals surface area contributed by atoms with Crippen molar-refractivity contribution in [3.05, 3.63) is 17.0 Å². The van der Waals surface area contributed by atoms with E-state index >= 15 is 0 Å². The van der Waals surface area contributed by atoms with Crippen LogP contribution in [0.4, 0.5) is 5.82 Å². The highest BCUT2D eigenvalue weighted by atomic mass is 35.5. The van der Waals surface area contributed by atoms with E-state index in [1.54, 1.807) is 0 Å². The molecule has 1 amide bonds. The number of nitrogens with zero attached hydrogens (tertiary/aromatic N) is 2. The van der Waals surface area contributed by atoms with Crippen LogP contribution in [0, 0.1) is 0 Å². The molecule has 0 aromatic carbocycles. The van der Waals surface area contributed by atoms with Crippen LogP contribution in [0.15, 0.2) is 6.20 Å². The summed E-state index contributed by atoms with van der Waals surface area (Å²) in [5.41, 5.74) is 10.2. The van der Waals surface area contributed by atoms with Crippen LogP contribution < -0.4 is 11.5 Å². The molecule has 7 nitrogen and oxygen atoms in total. The van der Waals surface area contributed by atoms with Gasteiger partial charge in [-0.05, 0) is 0 Å². The van der Waals surface area contributed by atoms with Crippen molar-refractivity contribution in [1.29, 1.82) is 0 Å². The fraction of sp³-hybridized carbons (Fsp3) is 0.375. The van der Waals surface area contributed by atoms with Crippen LogP contribution in [0.25, 0.3) is 0 Å². The average Bonchev–Trinajstić information content (AvgIpc) is 2.19. The number of hydrogen-bond donors (Lipinski definition) is 4. The lowest BCUT2D eigenvalue weighted by molar-refractivity contribution is -0.121. The van der Waals surface area contributed by atoms with Gasteiger partial charge in [0.1, 0.15) is 22.8 Å². The molecule has 16 heavy (non-hydrogen) atoms. The van der Waals surface area contributed by atoms with Crippen LogP contribution in [0.1, 0.15) is 18.2 Å². The lowest BCUT2D eigenvalue weighted by atomic mass is 10.1. The summed E-state index contributed by atoms with van der Waals surface area (Å²) >= 11 is 5.56. The molecule has 0 radical (unpaired) electrons. The van der Waals surface area contributed by atoms with Crippen molar-refractivity contribution in [3.8, 4) is 0 Å². The number of aliphatic hydroxyl groups excluding tert-OH is 2. The summed E-state index contributed by atoms with van der Waals surface area (Å²) in [5.74, 6) is -0.819. The van der Waals surface area contributed by atoms with Crippen molar-refractivity contribution in [3.63, 3.8) is 0 Å². The first-order chi connectivity index (χ1) is 7.41. The van der Waals surface area contributed by atoms with E-state index in [4.69, 9.17) is 23.1 Å². The summed E-state index contributed by atoms with van der Waals surface area (Å²) in [7, 11) is 0. The van der Waals surface area contributed by atoms with Gasteiger partial charge in [-0.2, -0.15) is 0 Å². The quantitative estimate of drug-likeness (QED) is 0.537. The zero-order chi connectivity index (χ0) is 12.3. The molecular formula is C8H11ClN4O3. The Bertz CT molecular complexity index is 401. The van der Waals surface area contributed by atoms with Crippen molar-refractivity contribution < 1.29 is 15.0 Å². The monoisotopic (exact) mass is 246 g/mol. The second-order valence-electron chi connectivity index (χ2n) is 3.15. The second kappa shape index (κ2) is 5.06. The van der Waals surface area contributed by atoms with E-state index in [0.717, 1.165) is 0 Å². The highest BCUT2D eigenvalue weighted by Gasteiger charge is 2.24. The Morgan fingerprint density at radius 3 is 2.75 bits per heavy atom. The molecule has 1 heterocycles. The zero-order valence-electron chi connectivity index (χ0n) is 8.17. The molecule has 8 heteroatoms. The van der Waals surface area contributed by atoms with Gasteiger partial charge in [0.05, 0.1) is 18.7 Å². The molecule has 0 fully saturated rings. The third-order valence-corrected chi connectivity index (χ3v) is 2.04. The van der Waals surface area contributed by atoms with E-state index in [1.165, 1.54) is 6.20 Å². The van der Waals surface area contributed by atoms with Crippen molar-refractivity contribution in [2.45, 2.75) is 18.6 Å². The number of nitrogen functional groups attached to an aromatic ring is 1. The Kier molecular flexibility index (Phi) is 3.99. The molecule has 0 aliphatic rings. The molecular weight excluding hydrogens is 236 g/mol. The fourth-order valence-electron chi connectivity index (χ4n) is 1.11. The van der Waals surface area contributed by atoms with Gasteiger partial charge in [0.2, 0.25) is 5.91 Å². The number of carbonyl (C=O) groups is 1. The van der Waals surface area contributed by atoms with Crippen molar-refractivity contribution in [2.75, 3.05) is 5.73 Å². The van der Waals surface area contributed by atoms with E-state index < -0.39 is 24.5 Å². The van der Waals surface area contributed by atoms with Crippen molar-refractivity contribution in [2.24, 2.45) is 5.73 Å². The molecule has 0 spiro atoms. The summed E-state index contributed by atoms with van der Waals surface area (Å²) in [6, 6.07) is 0. The Morgan fingerprint density at radius 1 is 1.56 bits per heavy atom. The first-order valence-corrected chi connectivity index (χ1v) is 4.72. The number of anilines is 1. The third-order valence-electron chi connectivity index (χ3n) is 1.85. The molecule has 2 unspecified atom stereocenters. The number of primary amides is 1. The standard InChI is InChI=1S/C8H11ClN4O3/c9-4-2-12-8(11)6(13-4)7(16)3(14)1-5(10)15/h2-3,7,14,16H,1H2,(H2,10,15)(H2,11,12). The van der Waals surface area contributed by atoms with Gasteiger partial charge in [-0.1, -0.05) is 11.6 Å². The topological polar surface area (TPSA) is 135 Å². The lowest BCUT2D eigenvalue weighted by Crippen LogP contribution is -2.27. The van der Waals surface area contributed by atoms with Gasteiger partial charge < -0.3 is 21.7 Å². The van der Waals surface area contributed by atoms with Crippen LogP contribution in [-0.2, 0) is 4.79 Å². The molecule has 0 aliphatic carbocycles. The molecule has 1 aromatic rings. The Hall–Kier alpha value is -1.44. The zero-order valence-corrected chi connectivity index (χ0v) is 8.92. The number of nitrogens with two attached hydrogens (primary N) is 2. The highest BCUT2D eigenvalue weighted by molar-refractivity contribution is 6.29. The van der Waals surface area contributed by atoms with Crippen LogP contribution in [0.3, 0.4) is 0 Å². The minimum absolute atomic E-state index is 0.0227. The first-order valence-electron chi connectivity index (χ1n) is 4.34. The highest BCUT2D eigenvalue weighted by Crippen LogP contribution is 2.22. The molecule has 2 atom stereocenters. The number of hydrogen-bond acceptors (Lipinski definition) is 6. The molecule has 6 N–H and O–H groups in total. The minimum atomic E-state index is -1.46. The molecule has 0 saturated carbocycles. The Morgan fingerprint density at radius 2 is 2.19 bits per heavy atom. The fourth-order valence-corrected chi connectivity index (χ4v) is 1.25. The smallest absolute Gasteiger partial charge is 0.220 e. The summed E-state index contributed by atoms with van der Waals surface area (Å²) in [5, 5.41) is 19.1. The molecule has 1 aromatic heterocycles. The van der Waals surface area contributed by atoms with E-state index in [2.05, 4.69) is 9.97 Å². The maximum absolute atomic E-state index is 10.6. The molecule has 88 valence electrons. The van der Waals surface area contributed by atoms with Crippen LogP contribution in [0.5, 0.6) is 0 Å². The van der Waals surface area contributed by atoms with E-state index in [1.807, 2.05) is 0 Å². The summed E-state index contributed by atoms with van der Waals surface area (Å²) in [4.78, 5) is 17.9. The summed E-state index contributed by atoms with van der Waals surface area (Å²) in [6.07, 6.45) is -2.06.